The normalized spacial score (nSPS) is 21.0. The molecule has 2 amide bonds. The number of carbonyl (C=O) groups excluding carboxylic acids is 1. The first-order valence-electron chi connectivity index (χ1n) is 7.02. The first-order valence-corrected chi connectivity index (χ1v) is 7.77. The molecule has 0 radical (unpaired) electrons. The van der Waals surface area contributed by atoms with Crippen molar-refractivity contribution in [2.75, 3.05) is 19.6 Å². The van der Waals surface area contributed by atoms with E-state index in [1.54, 1.807) is 19.1 Å². The molecule has 1 aliphatic heterocycles. The van der Waals surface area contributed by atoms with Crippen molar-refractivity contribution in [2.45, 2.75) is 19.8 Å². The Morgan fingerprint density at radius 3 is 2.73 bits per heavy atom. The predicted molar refractivity (Wildman–Crippen MR) is 85.5 cm³/mol. The third-order valence-electron chi connectivity index (χ3n) is 3.96. The molecule has 0 aromatic heterocycles. The van der Waals surface area contributed by atoms with Crippen molar-refractivity contribution < 1.29 is 14.7 Å². The van der Waals surface area contributed by atoms with Gasteiger partial charge in [0.2, 0.25) is 0 Å². The molecule has 1 aliphatic rings. The Morgan fingerprint density at radius 2 is 2.14 bits per heavy atom. The van der Waals surface area contributed by atoms with Gasteiger partial charge in [-0.3, -0.25) is 4.79 Å². The smallest absolute Gasteiger partial charge is 0.317 e. The lowest BCUT2D eigenvalue weighted by Gasteiger charge is -2.20. The van der Waals surface area contributed by atoms with Gasteiger partial charge in [-0.2, -0.15) is 0 Å². The molecule has 2 N–H and O–H groups in total. The minimum absolute atomic E-state index is 0.232. The second kappa shape index (κ2) is 6.75. The molecule has 22 heavy (non-hydrogen) atoms. The standard InChI is InChI=1S/C15H18Cl2N2O3/c1-15(13(20)21)5-7-19(9-15)14(22)18-6-4-10-2-3-11(16)8-12(10)17/h2-3,8H,4-7,9H2,1H3,(H,18,22)(H,20,21). The number of amides is 2. The lowest BCUT2D eigenvalue weighted by molar-refractivity contribution is -0.146. The van der Waals surface area contributed by atoms with E-state index in [9.17, 15) is 9.59 Å². The summed E-state index contributed by atoms with van der Waals surface area (Å²) in [4.78, 5) is 24.8. The van der Waals surface area contributed by atoms with Crippen LogP contribution >= 0.6 is 23.2 Å². The van der Waals surface area contributed by atoms with E-state index in [-0.39, 0.29) is 12.6 Å². The maximum absolute atomic E-state index is 12.1. The predicted octanol–water partition coefficient (Wildman–Crippen LogP) is 3.04. The van der Waals surface area contributed by atoms with E-state index in [0.29, 0.717) is 36.0 Å². The van der Waals surface area contributed by atoms with Crippen molar-refractivity contribution in [3.8, 4) is 0 Å². The number of aliphatic carboxylic acids is 1. The highest BCUT2D eigenvalue weighted by Crippen LogP contribution is 2.30. The molecule has 2 rings (SSSR count). The Bertz CT molecular complexity index is 594. The van der Waals surface area contributed by atoms with E-state index >= 15 is 0 Å². The van der Waals surface area contributed by atoms with Crippen LogP contribution in [0.2, 0.25) is 10.0 Å². The molecule has 1 saturated heterocycles. The van der Waals surface area contributed by atoms with E-state index in [2.05, 4.69) is 5.32 Å². The van der Waals surface area contributed by atoms with E-state index in [1.165, 1.54) is 4.90 Å². The van der Waals surface area contributed by atoms with Gasteiger partial charge >= 0.3 is 12.0 Å². The molecular formula is C15H18Cl2N2O3. The lowest BCUT2D eigenvalue weighted by Crippen LogP contribution is -2.41. The molecule has 1 heterocycles. The highest BCUT2D eigenvalue weighted by Gasteiger charge is 2.42. The van der Waals surface area contributed by atoms with Gasteiger partial charge in [-0.1, -0.05) is 29.3 Å². The molecule has 1 atom stereocenters. The van der Waals surface area contributed by atoms with Crippen LogP contribution in [0.1, 0.15) is 18.9 Å². The fraction of sp³-hybridized carbons (Fsp3) is 0.467. The maximum Gasteiger partial charge on any atom is 0.317 e. The van der Waals surface area contributed by atoms with Gasteiger partial charge < -0.3 is 15.3 Å². The van der Waals surface area contributed by atoms with E-state index in [0.717, 1.165) is 5.56 Å². The molecule has 1 aromatic rings. The molecule has 0 spiro atoms. The molecule has 5 nitrogen and oxygen atoms in total. The van der Waals surface area contributed by atoms with E-state index < -0.39 is 11.4 Å². The molecule has 0 aliphatic carbocycles. The van der Waals surface area contributed by atoms with Gasteiger partial charge in [-0.15, -0.1) is 0 Å². The number of carbonyl (C=O) groups is 2. The Morgan fingerprint density at radius 1 is 1.41 bits per heavy atom. The van der Waals surface area contributed by atoms with Gasteiger partial charge in [0.05, 0.1) is 5.41 Å². The van der Waals surface area contributed by atoms with Crippen molar-refractivity contribution in [3.05, 3.63) is 33.8 Å². The fourth-order valence-corrected chi connectivity index (χ4v) is 2.95. The molecule has 7 heteroatoms. The minimum atomic E-state index is -0.865. The van der Waals surface area contributed by atoms with Crippen LogP contribution in [0.4, 0.5) is 4.79 Å². The highest BCUT2D eigenvalue weighted by molar-refractivity contribution is 6.35. The van der Waals surface area contributed by atoms with Gasteiger partial charge in [0.15, 0.2) is 0 Å². The number of urea groups is 1. The average Bonchev–Trinajstić information content (AvgIpc) is 2.85. The average molecular weight is 345 g/mol. The molecule has 120 valence electrons. The summed E-state index contributed by atoms with van der Waals surface area (Å²) in [5.41, 5.74) is 0.0553. The number of carboxylic acids is 1. The number of likely N-dealkylation sites (tertiary alicyclic amines) is 1. The summed E-state index contributed by atoms with van der Waals surface area (Å²) >= 11 is 11.9. The Kier molecular flexibility index (Phi) is 5.19. The van der Waals surface area contributed by atoms with Crippen LogP contribution in [0.15, 0.2) is 18.2 Å². The Hall–Kier alpha value is -1.46. The summed E-state index contributed by atoms with van der Waals surface area (Å²) < 4.78 is 0. The zero-order valence-corrected chi connectivity index (χ0v) is 13.7. The monoisotopic (exact) mass is 344 g/mol. The van der Waals surface area contributed by atoms with Crippen LogP contribution in [-0.2, 0) is 11.2 Å². The first kappa shape index (κ1) is 16.9. The zero-order chi connectivity index (χ0) is 16.3. The summed E-state index contributed by atoms with van der Waals surface area (Å²) in [7, 11) is 0. The highest BCUT2D eigenvalue weighted by atomic mass is 35.5. The van der Waals surface area contributed by atoms with Crippen LogP contribution in [0, 0.1) is 5.41 Å². The van der Waals surface area contributed by atoms with Gasteiger partial charge in [-0.05, 0) is 37.5 Å². The fourth-order valence-electron chi connectivity index (χ4n) is 2.45. The van der Waals surface area contributed by atoms with Crippen LogP contribution < -0.4 is 5.32 Å². The SMILES string of the molecule is CC1(C(=O)O)CCN(C(=O)NCCc2ccc(Cl)cc2Cl)C1. The molecule has 1 unspecified atom stereocenters. The lowest BCUT2D eigenvalue weighted by atomic mass is 9.90. The van der Waals surface area contributed by atoms with Crippen molar-refractivity contribution in [3.63, 3.8) is 0 Å². The number of benzene rings is 1. The molecule has 1 aromatic carbocycles. The summed E-state index contributed by atoms with van der Waals surface area (Å²) in [6, 6.07) is 5.01. The number of nitrogens with zero attached hydrogens (tertiary/aromatic N) is 1. The van der Waals surface area contributed by atoms with Gasteiger partial charge in [0.1, 0.15) is 0 Å². The van der Waals surface area contributed by atoms with E-state index in [1.807, 2.05) is 6.07 Å². The number of halogens is 2. The van der Waals surface area contributed by atoms with Gasteiger partial charge in [0, 0.05) is 29.7 Å². The van der Waals surface area contributed by atoms with Gasteiger partial charge in [-0.25, -0.2) is 4.79 Å². The second-order valence-corrected chi connectivity index (χ2v) is 6.60. The van der Waals surface area contributed by atoms with Crippen molar-refractivity contribution in [1.29, 1.82) is 0 Å². The molecule has 0 saturated carbocycles. The van der Waals surface area contributed by atoms with Crippen molar-refractivity contribution >= 4 is 35.2 Å². The molecule has 0 bridgehead atoms. The summed E-state index contributed by atoms with van der Waals surface area (Å²) in [5, 5.41) is 13.1. The van der Waals surface area contributed by atoms with E-state index in [4.69, 9.17) is 28.3 Å². The topological polar surface area (TPSA) is 69.6 Å². The van der Waals surface area contributed by atoms with Crippen molar-refractivity contribution in [2.24, 2.45) is 5.41 Å². The van der Waals surface area contributed by atoms with Crippen molar-refractivity contribution in [1.82, 2.24) is 10.2 Å². The number of hydrogen-bond donors (Lipinski definition) is 2. The molecular weight excluding hydrogens is 327 g/mol. The Labute approximate surface area is 139 Å². The third kappa shape index (κ3) is 3.84. The second-order valence-electron chi connectivity index (χ2n) is 5.76. The first-order chi connectivity index (χ1) is 10.3. The largest absolute Gasteiger partial charge is 0.481 e. The van der Waals surface area contributed by atoms with Gasteiger partial charge in [0.25, 0.3) is 0 Å². The third-order valence-corrected chi connectivity index (χ3v) is 4.55. The maximum atomic E-state index is 12.1. The minimum Gasteiger partial charge on any atom is -0.481 e. The number of rotatable bonds is 4. The molecule has 1 fully saturated rings. The van der Waals surface area contributed by atoms with Crippen LogP contribution in [0.3, 0.4) is 0 Å². The quantitative estimate of drug-likeness (QED) is 0.881. The number of carboxylic acid groups (broad SMARTS) is 1. The van der Waals surface area contributed by atoms with Crippen LogP contribution in [0.5, 0.6) is 0 Å². The zero-order valence-electron chi connectivity index (χ0n) is 12.2. The summed E-state index contributed by atoms with van der Waals surface area (Å²) in [6.45, 7) is 2.78. The Balaban J connectivity index is 1.83. The number of hydrogen-bond acceptors (Lipinski definition) is 2. The van der Waals surface area contributed by atoms with Crippen LogP contribution in [0.25, 0.3) is 0 Å². The van der Waals surface area contributed by atoms with Crippen LogP contribution in [-0.4, -0.2) is 41.6 Å². The summed E-state index contributed by atoms with van der Waals surface area (Å²) in [6.07, 6.45) is 1.06. The summed E-state index contributed by atoms with van der Waals surface area (Å²) in [5.74, 6) is -0.865. The number of nitrogens with one attached hydrogen (secondary N) is 1.